The van der Waals surface area contributed by atoms with Crippen LogP contribution >= 0.6 is 11.3 Å². The van der Waals surface area contributed by atoms with Gasteiger partial charge in [0.25, 0.3) is 5.91 Å². The van der Waals surface area contributed by atoms with Crippen LogP contribution in [-0.2, 0) is 6.18 Å². The third-order valence-corrected chi connectivity index (χ3v) is 5.35. The predicted molar refractivity (Wildman–Crippen MR) is 112 cm³/mol. The molecule has 1 aromatic carbocycles. The van der Waals surface area contributed by atoms with Crippen molar-refractivity contribution in [3.05, 3.63) is 64.7 Å². The van der Waals surface area contributed by atoms with Gasteiger partial charge in [0.05, 0.1) is 30.3 Å². The lowest BCUT2D eigenvalue weighted by molar-refractivity contribution is -0.137. The number of methoxy groups -OCH3 is 1. The fourth-order valence-electron chi connectivity index (χ4n) is 3.12. The van der Waals surface area contributed by atoms with Gasteiger partial charge in [-0.1, -0.05) is 6.07 Å². The van der Waals surface area contributed by atoms with Crippen LogP contribution in [-0.4, -0.2) is 27.8 Å². The normalized spacial score (nSPS) is 11.6. The van der Waals surface area contributed by atoms with Crippen LogP contribution in [0.1, 0.15) is 27.6 Å². The van der Waals surface area contributed by atoms with E-state index in [1.165, 1.54) is 36.8 Å². The highest BCUT2D eigenvalue weighted by molar-refractivity contribution is 7.14. The maximum atomic E-state index is 13.0. The molecular formula is C21H17F3N4O3S. The topological polar surface area (TPSA) is 82.2 Å². The lowest BCUT2D eigenvalue weighted by Gasteiger charge is -2.08. The summed E-state index contributed by atoms with van der Waals surface area (Å²) in [6.45, 7) is 3.66. The monoisotopic (exact) mass is 462 g/mol. The van der Waals surface area contributed by atoms with Gasteiger partial charge in [-0.15, -0.1) is 11.3 Å². The number of benzene rings is 1. The van der Waals surface area contributed by atoms with Crippen LogP contribution in [0.2, 0.25) is 0 Å². The largest absolute Gasteiger partial charge is 0.493 e. The van der Waals surface area contributed by atoms with Crippen molar-refractivity contribution < 1.29 is 27.1 Å². The van der Waals surface area contributed by atoms with E-state index in [2.05, 4.69) is 15.4 Å². The smallest absolute Gasteiger partial charge is 0.416 e. The van der Waals surface area contributed by atoms with Gasteiger partial charge in [-0.2, -0.15) is 18.3 Å². The van der Waals surface area contributed by atoms with Gasteiger partial charge in [0.2, 0.25) is 0 Å². The van der Waals surface area contributed by atoms with Gasteiger partial charge in [0.15, 0.2) is 16.6 Å². The number of aromatic nitrogens is 3. The maximum absolute atomic E-state index is 13.0. The van der Waals surface area contributed by atoms with Gasteiger partial charge in [-0.25, -0.2) is 9.67 Å². The van der Waals surface area contributed by atoms with Crippen molar-refractivity contribution in [1.29, 1.82) is 0 Å². The second-order valence-corrected chi connectivity index (χ2v) is 7.72. The van der Waals surface area contributed by atoms with E-state index < -0.39 is 17.6 Å². The zero-order chi connectivity index (χ0) is 23.0. The number of anilines is 1. The summed E-state index contributed by atoms with van der Waals surface area (Å²) < 4.78 is 50.9. The van der Waals surface area contributed by atoms with Crippen molar-refractivity contribution in [2.75, 3.05) is 12.4 Å². The molecule has 0 saturated carbocycles. The van der Waals surface area contributed by atoms with E-state index in [0.717, 1.165) is 28.1 Å². The molecule has 0 aliphatic heterocycles. The summed E-state index contributed by atoms with van der Waals surface area (Å²) in [4.78, 5) is 17.2. The molecule has 32 heavy (non-hydrogen) atoms. The first-order valence-electron chi connectivity index (χ1n) is 9.31. The molecule has 0 bridgehead atoms. The van der Waals surface area contributed by atoms with Crippen LogP contribution < -0.4 is 10.1 Å². The number of hydrogen-bond acceptors (Lipinski definition) is 6. The predicted octanol–water partition coefficient (Wildman–Crippen LogP) is 5.49. The first-order valence-corrected chi connectivity index (χ1v) is 10.2. The second-order valence-electron chi connectivity index (χ2n) is 6.86. The molecule has 1 N–H and O–H groups in total. The Bertz CT molecular complexity index is 1290. The number of hydrogen-bond donors (Lipinski definition) is 1. The summed E-state index contributed by atoms with van der Waals surface area (Å²) in [7, 11) is 1.34. The molecule has 4 rings (SSSR count). The van der Waals surface area contributed by atoms with Crippen LogP contribution in [0.25, 0.3) is 16.9 Å². The zero-order valence-electron chi connectivity index (χ0n) is 17.1. The van der Waals surface area contributed by atoms with Gasteiger partial charge in [0, 0.05) is 10.9 Å². The number of halogens is 3. The summed E-state index contributed by atoms with van der Waals surface area (Å²) in [5.41, 5.74) is 0.707. The molecule has 0 spiro atoms. The highest BCUT2D eigenvalue weighted by atomic mass is 32.1. The summed E-state index contributed by atoms with van der Waals surface area (Å²) in [6, 6.07) is 6.47. The molecule has 0 fully saturated rings. The highest BCUT2D eigenvalue weighted by Gasteiger charge is 2.31. The minimum absolute atomic E-state index is 0.0861. The van der Waals surface area contributed by atoms with Crippen LogP contribution in [0.15, 0.2) is 46.3 Å². The number of thiazole rings is 1. The van der Waals surface area contributed by atoms with Crippen molar-refractivity contribution in [3.63, 3.8) is 0 Å². The number of amides is 1. The molecule has 0 atom stereocenters. The number of alkyl halides is 3. The summed E-state index contributed by atoms with van der Waals surface area (Å²) in [5.74, 6) is 0.972. The fraction of sp³-hybridized carbons (Fsp3) is 0.190. The van der Waals surface area contributed by atoms with Crippen molar-refractivity contribution in [3.8, 4) is 22.7 Å². The molecule has 0 aliphatic carbocycles. The number of rotatable bonds is 5. The number of nitrogens with one attached hydrogen (secondary N) is 1. The van der Waals surface area contributed by atoms with Crippen molar-refractivity contribution in [2.45, 2.75) is 20.0 Å². The lowest BCUT2D eigenvalue weighted by atomic mass is 10.2. The molecular weight excluding hydrogens is 445 g/mol. The molecule has 1 amide bonds. The zero-order valence-corrected chi connectivity index (χ0v) is 18.0. The number of nitrogens with zero attached hydrogens (tertiary/aromatic N) is 3. The molecule has 0 radical (unpaired) electrons. The Morgan fingerprint density at radius 2 is 2.03 bits per heavy atom. The lowest BCUT2D eigenvalue weighted by Crippen LogP contribution is -2.14. The Balaban J connectivity index is 1.59. The first-order chi connectivity index (χ1) is 15.2. The number of carbonyl (C=O) groups is 1. The van der Waals surface area contributed by atoms with Gasteiger partial charge >= 0.3 is 6.18 Å². The van der Waals surface area contributed by atoms with E-state index in [4.69, 9.17) is 9.15 Å². The van der Waals surface area contributed by atoms with Gasteiger partial charge in [-0.3, -0.25) is 10.1 Å². The van der Waals surface area contributed by atoms with Gasteiger partial charge < -0.3 is 9.15 Å². The van der Waals surface area contributed by atoms with Crippen LogP contribution in [0.5, 0.6) is 5.75 Å². The number of ether oxygens (including phenoxy) is 1. The third-order valence-electron chi connectivity index (χ3n) is 4.60. The van der Waals surface area contributed by atoms with Crippen molar-refractivity contribution in [1.82, 2.24) is 14.8 Å². The van der Waals surface area contributed by atoms with E-state index >= 15 is 0 Å². The second kappa shape index (κ2) is 8.15. The first kappa shape index (κ1) is 21.6. The highest BCUT2D eigenvalue weighted by Crippen LogP contribution is 2.32. The summed E-state index contributed by atoms with van der Waals surface area (Å²) in [5, 5.41) is 8.89. The van der Waals surface area contributed by atoms with E-state index in [9.17, 15) is 18.0 Å². The Labute approximate surface area is 184 Å². The number of aryl methyl sites for hydroxylation is 2. The Morgan fingerprint density at radius 1 is 1.25 bits per heavy atom. The standard InChI is InChI=1S/C21H17F3N4O3S/c1-11-7-15(12(2)31-11)16-10-32-20(25-16)26-19(29)18-17(30-3)9-28(27-18)14-6-4-5-13(8-14)21(22,23)24/h4-10H,1-3H3,(H,25,26,29). The molecule has 3 heterocycles. The van der Waals surface area contributed by atoms with Gasteiger partial charge in [-0.05, 0) is 38.1 Å². The third kappa shape index (κ3) is 4.24. The average molecular weight is 462 g/mol. The fourth-order valence-corrected chi connectivity index (χ4v) is 3.82. The molecule has 11 heteroatoms. The number of carbonyl (C=O) groups excluding carboxylic acids is 1. The SMILES string of the molecule is COc1cn(-c2cccc(C(F)(F)F)c2)nc1C(=O)Nc1nc(-c2cc(C)oc2C)cs1. The summed E-state index contributed by atoms with van der Waals surface area (Å²) in [6.07, 6.45) is -3.16. The minimum Gasteiger partial charge on any atom is -0.493 e. The molecule has 7 nitrogen and oxygen atoms in total. The molecule has 0 unspecified atom stereocenters. The minimum atomic E-state index is -4.50. The Kier molecular flexibility index (Phi) is 5.51. The van der Waals surface area contributed by atoms with E-state index in [0.29, 0.717) is 16.6 Å². The van der Waals surface area contributed by atoms with E-state index in [1.807, 2.05) is 19.9 Å². The van der Waals surface area contributed by atoms with Crippen molar-refractivity contribution in [2.24, 2.45) is 0 Å². The molecule has 0 aliphatic rings. The molecule has 4 aromatic rings. The van der Waals surface area contributed by atoms with E-state index in [1.54, 1.807) is 5.38 Å². The number of furan rings is 1. The average Bonchev–Trinajstić information content (AvgIpc) is 3.45. The Morgan fingerprint density at radius 3 is 2.69 bits per heavy atom. The molecule has 3 aromatic heterocycles. The Hall–Kier alpha value is -3.60. The van der Waals surface area contributed by atoms with E-state index in [-0.39, 0.29) is 17.1 Å². The van der Waals surface area contributed by atoms with Crippen LogP contribution in [0.4, 0.5) is 18.3 Å². The quantitative estimate of drug-likeness (QED) is 0.424. The molecule has 0 saturated heterocycles. The van der Waals surface area contributed by atoms with Crippen LogP contribution in [0.3, 0.4) is 0 Å². The maximum Gasteiger partial charge on any atom is 0.416 e. The van der Waals surface area contributed by atoms with Crippen LogP contribution in [0, 0.1) is 13.8 Å². The molecule has 166 valence electrons. The van der Waals surface area contributed by atoms with Gasteiger partial charge in [0.1, 0.15) is 11.5 Å². The summed E-state index contributed by atoms with van der Waals surface area (Å²) >= 11 is 1.22. The van der Waals surface area contributed by atoms with Crippen molar-refractivity contribution >= 4 is 22.4 Å².